The SMILES string of the molecule is C=CC(=O)CCN1CCC(CCN2CCNCC2)CC1. The number of carbonyl (C=O) groups is 1. The second-order valence-electron chi connectivity index (χ2n) is 6.09. The highest BCUT2D eigenvalue weighted by atomic mass is 16.1. The van der Waals surface area contributed by atoms with E-state index in [0.717, 1.165) is 38.6 Å². The molecule has 1 N–H and O–H groups in total. The van der Waals surface area contributed by atoms with Crippen molar-refractivity contribution in [1.82, 2.24) is 15.1 Å². The minimum Gasteiger partial charge on any atom is -0.314 e. The van der Waals surface area contributed by atoms with Gasteiger partial charge in [0.25, 0.3) is 0 Å². The number of piperazine rings is 1. The molecule has 0 amide bonds. The van der Waals surface area contributed by atoms with E-state index >= 15 is 0 Å². The van der Waals surface area contributed by atoms with E-state index in [9.17, 15) is 4.79 Å². The van der Waals surface area contributed by atoms with Crippen molar-refractivity contribution >= 4 is 5.78 Å². The van der Waals surface area contributed by atoms with Crippen molar-refractivity contribution in [1.29, 1.82) is 0 Å². The van der Waals surface area contributed by atoms with Crippen molar-refractivity contribution in [3.05, 3.63) is 12.7 Å². The van der Waals surface area contributed by atoms with E-state index < -0.39 is 0 Å². The van der Waals surface area contributed by atoms with Crippen LogP contribution in [0.5, 0.6) is 0 Å². The Bertz CT molecular complexity index is 305. The van der Waals surface area contributed by atoms with Gasteiger partial charge in [-0.05, 0) is 50.9 Å². The summed E-state index contributed by atoms with van der Waals surface area (Å²) in [5.74, 6) is 1.06. The van der Waals surface area contributed by atoms with Gasteiger partial charge in [-0.2, -0.15) is 0 Å². The maximum absolute atomic E-state index is 11.2. The molecule has 0 atom stereocenters. The van der Waals surface area contributed by atoms with E-state index in [4.69, 9.17) is 0 Å². The smallest absolute Gasteiger partial charge is 0.156 e. The van der Waals surface area contributed by atoms with Gasteiger partial charge in [-0.3, -0.25) is 4.79 Å². The Morgan fingerprint density at radius 1 is 1.10 bits per heavy atom. The first-order chi connectivity index (χ1) is 9.78. The van der Waals surface area contributed by atoms with E-state index in [0.29, 0.717) is 6.42 Å². The highest BCUT2D eigenvalue weighted by molar-refractivity contribution is 5.89. The molecular formula is C16H29N3O. The molecule has 2 aliphatic rings. The van der Waals surface area contributed by atoms with Gasteiger partial charge in [0.05, 0.1) is 0 Å². The Balaban J connectivity index is 1.56. The lowest BCUT2D eigenvalue weighted by atomic mass is 9.93. The first kappa shape index (κ1) is 15.7. The summed E-state index contributed by atoms with van der Waals surface area (Å²) in [6, 6.07) is 0. The molecule has 0 aromatic rings. The molecule has 2 fully saturated rings. The van der Waals surface area contributed by atoms with Gasteiger partial charge in [0.15, 0.2) is 5.78 Å². The maximum atomic E-state index is 11.2. The molecule has 2 saturated heterocycles. The average molecular weight is 279 g/mol. The molecule has 4 nitrogen and oxygen atoms in total. The number of piperidine rings is 1. The number of hydrogen-bond donors (Lipinski definition) is 1. The van der Waals surface area contributed by atoms with Crippen molar-refractivity contribution in [2.24, 2.45) is 5.92 Å². The van der Waals surface area contributed by atoms with Crippen LogP contribution in [0, 0.1) is 5.92 Å². The molecular weight excluding hydrogens is 250 g/mol. The maximum Gasteiger partial charge on any atom is 0.156 e. The minimum atomic E-state index is 0.172. The van der Waals surface area contributed by atoms with E-state index in [1.54, 1.807) is 0 Å². The highest BCUT2D eigenvalue weighted by Gasteiger charge is 2.20. The Labute approximate surface area is 123 Å². The van der Waals surface area contributed by atoms with Gasteiger partial charge in [0.1, 0.15) is 0 Å². The Hall–Kier alpha value is -0.710. The van der Waals surface area contributed by atoms with Crippen LogP contribution in [0.1, 0.15) is 25.7 Å². The molecule has 20 heavy (non-hydrogen) atoms. The number of carbonyl (C=O) groups excluding carboxylic acids is 1. The third-order valence-corrected chi connectivity index (χ3v) is 4.67. The Morgan fingerprint density at radius 2 is 1.75 bits per heavy atom. The normalized spacial score (nSPS) is 22.8. The molecule has 0 bridgehead atoms. The average Bonchev–Trinajstić information content (AvgIpc) is 2.52. The molecule has 0 unspecified atom stereocenters. The van der Waals surface area contributed by atoms with Gasteiger partial charge in [0.2, 0.25) is 0 Å². The van der Waals surface area contributed by atoms with Gasteiger partial charge in [0, 0.05) is 39.1 Å². The fourth-order valence-electron chi connectivity index (χ4n) is 3.17. The largest absolute Gasteiger partial charge is 0.314 e. The van der Waals surface area contributed by atoms with Crippen LogP contribution < -0.4 is 5.32 Å². The van der Waals surface area contributed by atoms with Crippen LogP contribution in [0.25, 0.3) is 0 Å². The number of ketones is 1. The quantitative estimate of drug-likeness (QED) is 0.709. The van der Waals surface area contributed by atoms with Crippen molar-refractivity contribution < 1.29 is 4.79 Å². The lowest BCUT2D eigenvalue weighted by molar-refractivity contribution is -0.115. The molecule has 0 aliphatic carbocycles. The predicted octanol–water partition coefficient (Wildman–Crippen LogP) is 1.14. The number of rotatable bonds is 7. The second-order valence-corrected chi connectivity index (χ2v) is 6.09. The van der Waals surface area contributed by atoms with E-state index in [2.05, 4.69) is 21.7 Å². The third kappa shape index (κ3) is 5.35. The van der Waals surface area contributed by atoms with Crippen LogP contribution in [0.3, 0.4) is 0 Å². The van der Waals surface area contributed by atoms with E-state index in [-0.39, 0.29) is 5.78 Å². The zero-order valence-corrected chi connectivity index (χ0v) is 12.6. The molecule has 0 saturated carbocycles. The molecule has 114 valence electrons. The number of nitrogens with zero attached hydrogens (tertiary/aromatic N) is 2. The molecule has 0 radical (unpaired) electrons. The van der Waals surface area contributed by atoms with E-state index in [1.165, 1.54) is 45.0 Å². The van der Waals surface area contributed by atoms with Gasteiger partial charge in [-0.15, -0.1) is 0 Å². The summed E-state index contributed by atoms with van der Waals surface area (Å²) in [5.41, 5.74) is 0. The fourth-order valence-corrected chi connectivity index (χ4v) is 3.17. The summed E-state index contributed by atoms with van der Waals surface area (Å²) < 4.78 is 0. The third-order valence-electron chi connectivity index (χ3n) is 4.67. The highest BCUT2D eigenvalue weighted by Crippen LogP contribution is 2.21. The molecule has 0 spiro atoms. The summed E-state index contributed by atoms with van der Waals surface area (Å²) in [6.45, 7) is 12.8. The van der Waals surface area contributed by atoms with E-state index in [1.807, 2.05) is 0 Å². The first-order valence-electron chi connectivity index (χ1n) is 8.08. The van der Waals surface area contributed by atoms with Gasteiger partial charge < -0.3 is 15.1 Å². The number of allylic oxidation sites excluding steroid dienone is 1. The minimum absolute atomic E-state index is 0.172. The monoisotopic (exact) mass is 279 g/mol. The van der Waals surface area contributed by atoms with Crippen molar-refractivity contribution in [2.75, 3.05) is 52.4 Å². The summed E-state index contributed by atoms with van der Waals surface area (Å²) in [4.78, 5) is 16.3. The zero-order chi connectivity index (χ0) is 14.2. The second kappa shape index (κ2) is 8.55. The van der Waals surface area contributed by atoms with Crippen LogP contribution >= 0.6 is 0 Å². The summed E-state index contributed by atoms with van der Waals surface area (Å²) >= 11 is 0. The van der Waals surface area contributed by atoms with Crippen LogP contribution in [-0.2, 0) is 4.79 Å². The topological polar surface area (TPSA) is 35.6 Å². The van der Waals surface area contributed by atoms with Crippen molar-refractivity contribution in [3.8, 4) is 0 Å². The molecule has 0 aromatic heterocycles. The lowest BCUT2D eigenvalue weighted by Crippen LogP contribution is -2.44. The number of nitrogens with one attached hydrogen (secondary N) is 1. The van der Waals surface area contributed by atoms with Gasteiger partial charge in [-0.1, -0.05) is 6.58 Å². The van der Waals surface area contributed by atoms with Crippen molar-refractivity contribution in [2.45, 2.75) is 25.7 Å². The first-order valence-corrected chi connectivity index (χ1v) is 8.08. The number of likely N-dealkylation sites (tertiary alicyclic amines) is 1. The summed E-state index contributed by atoms with van der Waals surface area (Å²) in [5, 5.41) is 3.40. The Kier molecular flexibility index (Phi) is 6.70. The fraction of sp³-hybridized carbons (Fsp3) is 0.812. The van der Waals surface area contributed by atoms with Crippen LogP contribution in [0.4, 0.5) is 0 Å². The van der Waals surface area contributed by atoms with Crippen molar-refractivity contribution in [3.63, 3.8) is 0 Å². The summed E-state index contributed by atoms with van der Waals surface area (Å²) in [7, 11) is 0. The number of hydrogen-bond acceptors (Lipinski definition) is 4. The zero-order valence-electron chi connectivity index (χ0n) is 12.6. The molecule has 4 heteroatoms. The summed E-state index contributed by atoms with van der Waals surface area (Å²) in [6.07, 6.45) is 6.03. The van der Waals surface area contributed by atoms with Crippen LogP contribution in [-0.4, -0.2) is 67.9 Å². The molecule has 2 aliphatic heterocycles. The standard InChI is InChI=1S/C16H29N3O/c1-2-16(20)6-12-18-9-3-15(4-10-18)5-11-19-13-7-17-8-14-19/h2,15,17H,1,3-14H2. The molecule has 2 rings (SSSR count). The molecule has 0 aromatic carbocycles. The van der Waals surface area contributed by atoms with Crippen LogP contribution in [0.2, 0.25) is 0 Å². The predicted molar refractivity (Wildman–Crippen MR) is 82.9 cm³/mol. The Morgan fingerprint density at radius 3 is 2.40 bits per heavy atom. The lowest BCUT2D eigenvalue weighted by Gasteiger charge is -2.34. The molecule has 2 heterocycles. The van der Waals surface area contributed by atoms with Crippen LogP contribution in [0.15, 0.2) is 12.7 Å². The van der Waals surface area contributed by atoms with Gasteiger partial charge in [-0.25, -0.2) is 0 Å². The van der Waals surface area contributed by atoms with Gasteiger partial charge >= 0.3 is 0 Å².